The Morgan fingerprint density at radius 1 is 1.25 bits per heavy atom. The number of aryl methyl sites for hydroxylation is 1. The molecule has 1 aliphatic carbocycles. The normalized spacial score (nSPS) is 24.6. The van der Waals surface area contributed by atoms with Gasteiger partial charge in [-0.1, -0.05) is 62.9 Å². The third-order valence-electron chi connectivity index (χ3n) is 4.89. The zero-order valence-electron chi connectivity index (χ0n) is 13.5. The SMILES string of the molecule is CCCNC(c1cccc(C)c1)C1CCCC(CC)C1. The van der Waals surface area contributed by atoms with E-state index in [1.165, 1.54) is 49.7 Å². The molecule has 112 valence electrons. The molecule has 2 rings (SSSR count). The second-order valence-corrected chi connectivity index (χ2v) is 6.55. The molecule has 3 unspecified atom stereocenters. The quantitative estimate of drug-likeness (QED) is 0.746. The summed E-state index contributed by atoms with van der Waals surface area (Å²) in [6, 6.07) is 9.67. The standard InChI is InChI=1S/C19H31N/c1-4-12-20-19(17-10-6-8-15(3)13-17)18-11-7-9-16(5-2)14-18/h6,8,10,13,16,18-20H,4-5,7,9,11-12,14H2,1-3H3. The molecule has 0 bridgehead atoms. The molecule has 1 fully saturated rings. The van der Waals surface area contributed by atoms with Crippen LogP contribution in [0.4, 0.5) is 0 Å². The summed E-state index contributed by atoms with van der Waals surface area (Å²) in [5.74, 6) is 1.77. The van der Waals surface area contributed by atoms with E-state index in [1.807, 2.05) is 0 Å². The molecular weight excluding hydrogens is 242 g/mol. The molecule has 1 aliphatic rings. The van der Waals surface area contributed by atoms with Crippen LogP contribution in [0.3, 0.4) is 0 Å². The highest BCUT2D eigenvalue weighted by Crippen LogP contribution is 2.38. The summed E-state index contributed by atoms with van der Waals surface area (Å²) in [6.45, 7) is 7.95. The van der Waals surface area contributed by atoms with Crippen LogP contribution in [0.15, 0.2) is 24.3 Å². The first-order chi connectivity index (χ1) is 9.74. The van der Waals surface area contributed by atoms with Gasteiger partial charge in [-0.3, -0.25) is 0 Å². The van der Waals surface area contributed by atoms with Crippen LogP contribution >= 0.6 is 0 Å². The fourth-order valence-electron chi connectivity index (χ4n) is 3.73. The van der Waals surface area contributed by atoms with Gasteiger partial charge in [-0.2, -0.15) is 0 Å². The highest BCUT2D eigenvalue weighted by atomic mass is 14.9. The minimum atomic E-state index is 0.559. The van der Waals surface area contributed by atoms with Gasteiger partial charge in [0, 0.05) is 6.04 Å². The second-order valence-electron chi connectivity index (χ2n) is 6.55. The lowest BCUT2D eigenvalue weighted by Gasteiger charge is -2.35. The van der Waals surface area contributed by atoms with E-state index in [2.05, 4.69) is 50.4 Å². The molecule has 1 N–H and O–H groups in total. The molecule has 0 saturated heterocycles. The van der Waals surface area contributed by atoms with Gasteiger partial charge in [-0.05, 0) is 50.1 Å². The summed E-state index contributed by atoms with van der Waals surface area (Å²) >= 11 is 0. The number of hydrogen-bond acceptors (Lipinski definition) is 1. The Balaban J connectivity index is 2.14. The maximum absolute atomic E-state index is 3.83. The predicted molar refractivity (Wildman–Crippen MR) is 88.0 cm³/mol. The molecule has 20 heavy (non-hydrogen) atoms. The van der Waals surface area contributed by atoms with E-state index < -0.39 is 0 Å². The van der Waals surface area contributed by atoms with E-state index >= 15 is 0 Å². The van der Waals surface area contributed by atoms with E-state index in [9.17, 15) is 0 Å². The van der Waals surface area contributed by atoms with Gasteiger partial charge in [0.15, 0.2) is 0 Å². The van der Waals surface area contributed by atoms with Crippen molar-refractivity contribution in [3.05, 3.63) is 35.4 Å². The lowest BCUT2D eigenvalue weighted by Crippen LogP contribution is -2.32. The molecule has 0 heterocycles. The molecule has 1 heteroatoms. The first-order valence-electron chi connectivity index (χ1n) is 8.54. The van der Waals surface area contributed by atoms with Gasteiger partial charge in [0.25, 0.3) is 0 Å². The summed E-state index contributed by atoms with van der Waals surface area (Å²) in [4.78, 5) is 0. The molecule has 0 amide bonds. The number of hydrogen-bond donors (Lipinski definition) is 1. The maximum atomic E-state index is 3.83. The summed E-state index contributed by atoms with van der Waals surface area (Å²) in [5, 5.41) is 3.83. The zero-order valence-corrected chi connectivity index (χ0v) is 13.5. The molecule has 1 saturated carbocycles. The highest BCUT2D eigenvalue weighted by molar-refractivity contribution is 5.25. The molecule has 0 aromatic heterocycles. The number of benzene rings is 1. The molecule has 1 aromatic carbocycles. The second kappa shape index (κ2) is 7.83. The summed E-state index contributed by atoms with van der Waals surface area (Å²) < 4.78 is 0. The lowest BCUT2D eigenvalue weighted by atomic mass is 9.75. The average Bonchev–Trinajstić information content (AvgIpc) is 2.48. The van der Waals surface area contributed by atoms with Crippen LogP contribution in [0, 0.1) is 18.8 Å². The maximum Gasteiger partial charge on any atom is 0.0348 e. The first-order valence-corrected chi connectivity index (χ1v) is 8.54. The minimum absolute atomic E-state index is 0.559. The van der Waals surface area contributed by atoms with Crippen LogP contribution in [0.5, 0.6) is 0 Å². The van der Waals surface area contributed by atoms with Crippen molar-refractivity contribution in [2.75, 3.05) is 6.54 Å². The summed E-state index contributed by atoms with van der Waals surface area (Å²) in [5.41, 5.74) is 2.88. The van der Waals surface area contributed by atoms with Gasteiger partial charge in [0.05, 0.1) is 0 Å². The Hall–Kier alpha value is -0.820. The van der Waals surface area contributed by atoms with E-state index in [4.69, 9.17) is 0 Å². The fraction of sp³-hybridized carbons (Fsp3) is 0.684. The van der Waals surface area contributed by atoms with Crippen LogP contribution in [-0.2, 0) is 0 Å². The van der Waals surface area contributed by atoms with Crippen LogP contribution in [0.1, 0.15) is 69.5 Å². The predicted octanol–water partition coefficient (Wildman–Crippen LogP) is 5.25. The smallest absolute Gasteiger partial charge is 0.0348 e. The van der Waals surface area contributed by atoms with Crippen molar-refractivity contribution in [1.82, 2.24) is 5.32 Å². The van der Waals surface area contributed by atoms with Crippen molar-refractivity contribution < 1.29 is 0 Å². The average molecular weight is 273 g/mol. The number of rotatable bonds is 6. The summed E-state index contributed by atoms with van der Waals surface area (Å²) in [6.07, 6.45) is 8.23. The summed E-state index contributed by atoms with van der Waals surface area (Å²) in [7, 11) is 0. The zero-order chi connectivity index (χ0) is 14.4. The van der Waals surface area contributed by atoms with Gasteiger partial charge in [-0.15, -0.1) is 0 Å². The topological polar surface area (TPSA) is 12.0 Å². The Bertz CT molecular complexity index is 399. The van der Waals surface area contributed by atoms with Crippen molar-refractivity contribution in [2.24, 2.45) is 11.8 Å². The molecule has 1 nitrogen and oxygen atoms in total. The van der Waals surface area contributed by atoms with Gasteiger partial charge < -0.3 is 5.32 Å². The third-order valence-corrected chi connectivity index (χ3v) is 4.89. The van der Waals surface area contributed by atoms with Gasteiger partial charge in [-0.25, -0.2) is 0 Å². The molecule has 0 aliphatic heterocycles. The van der Waals surface area contributed by atoms with Crippen molar-refractivity contribution in [3.63, 3.8) is 0 Å². The van der Waals surface area contributed by atoms with E-state index in [0.717, 1.165) is 18.4 Å². The number of nitrogens with one attached hydrogen (secondary N) is 1. The first kappa shape index (κ1) is 15.6. The molecule has 1 aromatic rings. The lowest BCUT2D eigenvalue weighted by molar-refractivity contribution is 0.209. The van der Waals surface area contributed by atoms with Crippen molar-refractivity contribution in [1.29, 1.82) is 0 Å². The van der Waals surface area contributed by atoms with Gasteiger partial charge in [0.1, 0.15) is 0 Å². The third kappa shape index (κ3) is 4.09. The molecule has 0 radical (unpaired) electrons. The largest absolute Gasteiger partial charge is 0.310 e. The Labute approximate surface area is 125 Å². The molecule has 3 atom stereocenters. The Kier molecular flexibility index (Phi) is 6.09. The highest BCUT2D eigenvalue weighted by Gasteiger charge is 2.28. The monoisotopic (exact) mass is 273 g/mol. The van der Waals surface area contributed by atoms with Gasteiger partial charge >= 0.3 is 0 Å². The molecular formula is C19H31N. The van der Waals surface area contributed by atoms with Crippen LogP contribution < -0.4 is 5.32 Å². The Morgan fingerprint density at radius 2 is 2.10 bits per heavy atom. The van der Waals surface area contributed by atoms with Crippen LogP contribution in [-0.4, -0.2) is 6.54 Å². The van der Waals surface area contributed by atoms with Crippen molar-refractivity contribution in [3.8, 4) is 0 Å². The molecule has 0 spiro atoms. The van der Waals surface area contributed by atoms with E-state index in [0.29, 0.717) is 6.04 Å². The van der Waals surface area contributed by atoms with E-state index in [1.54, 1.807) is 0 Å². The van der Waals surface area contributed by atoms with Crippen LogP contribution in [0.25, 0.3) is 0 Å². The van der Waals surface area contributed by atoms with Crippen molar-refractivity contribution >= 4 is 0 Å². The fourth-order valence-corrected chi connectivity index (χ4v) is 3.73. The Morgan fingerprint density at radius 3 is 2.80 bits per heavy atom. The van der Waals surface area contributed by atoms with Crippen LogP contribution in [0.2, 0.25) is 0 Å². The minimum Gasteiger partial charge on any atom is -0.310 e. The van der Waals surface area contributed by atoms with Crippen molar-refractivity contribution in [2.45, 2.75) is 65.3 Å². The van der Waals surface area contributed by atoms with E-state index in [-0.39, 0.29) is 0 Å². The van der Waals surface area contributed by atoms with Gasteiger partial charge in [0.2, 0.25) is 0 Å².